The number of hydrogen-bond acceptors (Lipinski definition) is 4. The van der Waals surface area contributed by atoms with Gasteiger partial charge in [-0.1, -0.05) is 13.8 Å². The monoisotopic (exact) mass is 270 g/mol. The summed E-state index contributed by atoms with van der Waals surface area (Å²) in [6, 6.07) is 0.165. The van der Waals surface area contributed by atoms with Crippen molar-refractivity contribution in [3.63, 3.8) is 0 Å². The number of rotatable bonds is 1. The van der Waals surface area contributed by atoms with Crippen molar-refractivity contribution >= 4 is 6.09 Å². The van der Waals surface area contributed by atoms with Crippen molar-refractivity contribution in [2.24, 2.45) is 17.1 Å². The van der Waals surface area contributed by atoms with Crippen LogP contribution in [0.5, 0.6) is 0 Å². The molecule has 0 aromatic heterocycles. The fourth-order valence-corrected chi connectivity index (χ4v) is 2.92. The van der Waals surface area contributed by atoms with Crippen LogP contribution < -0.4 is 5.73 Å². The second-order valence-corrected chi connectivity index (χ2v) is 7.19. The van der Waals surface area contributed by atoms with Gasteiger partial charge >= 0.3 is 6.09 Å². The molecule has 19 heavy (non-hydrogen) atoms. The lowest BCUT2D eigenvalue weighted by Crippen LogP contribution is -2.52. The Labute approximate surface area is 115 Å². The largest absolute Gasteiger partial charge is 0.444 e. The van der Waals surface area contributed by atoms with E-state index in [9.17, 15) is 4.79 Å². The van der Waals surface area contributed by atoms with Crippen molar-refractivity contribution in [2.45, 2.75) is 52.3 Å². The molecule has 2 aliphatic rings. The highest BCUT2D eigenvalue weighted by atomic mass is 16.6. The maximum Gasteiger partial charge on any atom is 0.410 e. The van der Waals surface area contributed by atoms with Gasteiger partial charge in [-0.25, -0.2) is 4.79 Å². The van der Waals surface area contributed by atoms with Crippen molar-refractivity contribution in [1.82, 2.24) is 4.90 Å². The molecule has 0 radical (unpaired) electrons. The maximum absolute atomic E-state index is 12.3. The fourth-order valence-electron chi connectivity index (χ4n) is 2.92. The van der Waals surface area contributed by atoms with E-state index in [4.69, 9.17) is 15.2 Å². The second-order valence-electron chi connectivity index (χ2n) is 7.19. The lowest BCUT2D eigenvalue weighted by Gasteiger charge is -2.37. The molecule has 5 heteroatoms. The minimum absolute atomic E-state index is 0.0357. The van der Waals surface area contributed by atoms with E-state index >= 15 is 0 Å². The van der Waals surface area contributed by atoms with Gasteiger partial charge in [-0.3, -0.25) is 0 Å². The first kappa shape index (κ1) is 14.6. The third kappa shape index (κ3) is 2.87. The van der Waals surface area contributed by atoms with Crippen LogP contribution in [0.25, 0.3) is 0 Å². The second kappa shape index (κ2) is 4.63. The molecule has 1 saturated carbocycles. The first-order chi connectivity index (χ1) is 8.64. The Morgan fingerprint density at radius 2 is 2.00 bits per heavy atom. The summed E-state index contributed by atoms with van der Waals surface area (Å²) in [5, 5.41) is 0. The van der Waals surface area contributed by atoms with Gasteiger partial charge in [0.1, 0.15) is 5.60 Å². The van der Waals surface area contributed by atoms with Crippen LogP contribution in [-0.4, -0.2) is 48.4 Å². The third-order valence-electron chi connectivity index (χ3n) is 4.20. The normalized spacial score (nSPS) is 34.0. The van der Waals surface area contributed by atoms with Crippen molar-refractivity contribution in [1.29, 1.82) is 0 Å². The van der Waals surface area contributed by atoms with Crippen LogP contribution >= 0.6 is 0 Å². The molecule has 1 heterocycles. The van der Waals surface area contributed by atoms with E-state index in [0.717, 1.165) is 0 Å². The number of ether oxygens (including phenoxy) is 2. The van der Waals surface area contributed by atoms with Gasteiger partial charge in [0, 0.05) is 18.5 Å². The standard InChI is InChI=1S/C14H26N2O3/c1-13(2,3)19-12(17)16-6-7-18-8-9(16)10-11(15)14(10,4)5/h9-11H,6-8,15H2,1-5H3/t9?,10-,11-/m0/s1. The van der Waals surface area contributed by atoms with Gasteiger partial charge in [0.25, 0.3) is 0 Å². The van der Waals surface area contributed by atoms with Crippen LogP contribution in [0.1, 0.15) is 34.6 Å². The lowest BCUT2D eigenvalue weighted by atomic mass is 10.0. The Hall–Kier alpha value is -0.810. The van der Waals surface area contributed by atoms with E-state index < -0.39 is 5.60 Å². The molecule has 5 nitrogen and oxygen atoms in total. The van der Waals surface area contributed by atoms with Crippen molar-refractivity contribution in [2.75, 3.05) is 19.8 Å². The highest BCUT2D eigenvalue weighted by molar-refractivity contribution is 5.69. The van der Waals surface area contributed by atoms with E-state index in [-0.39, 0.29) is 23.6 Å². The predicted octanol–water partition coefficient (Wildman–Crippen LogP) is 1.61. The molecule has 0 aromatic rings. The summed E-state index contributed by atoms with van der Waals surface area (Å²) in [6.07, 6.45) is -0.254. The summed E-state index contributed by atoms with van der Waals surface area (Å²) in [7, 11) is 0. The van der Waals surface area contributed by atoms with Crippen molar-refractivity contribution < 1.29 is 14.3 Å². The smallest absolute Gasteiger partial charge is 0.410 e. The van der Waals surface area contributed by atoms with Crippen molar-refractivity contribution in [3.8, 4) is 0 Å². The van der Waals surface area contributed by atoms with Crippen LogP contribution in [0.4, 0.5) is 4.79 Å². The first-order valence-corrected chi connectivity index (χ1v) is 6.97. The van der Waals surface area contributed by atoms with Crippen LogP contribution in [0.3, 0.4) is 0 Å². The Bertz CT molecular complexity index is 362. The zero-order chi connectivity index (χ0) is 14.4. The molecule has 1 aliphatic carbocycles. The van der Waals surface area contributed by atoms with E-state index in [1.807, 2.05) is 20.8 Å². The number of hydrogen-bond donors (Lipinski definition) is 1. The van der Waals surface area contributed by atoms with Crippen LogP contribution in [0, 0.1) is 11.3 Å². The Morgan fingerprint density at radius 3 is 2.47 bits per heavy atom. The van der Waals surface area contributed by atoms with E-state index in [2.05, 4.69) is 13.8 Å². The Balaban J connectivity index is 2.07. The molecule has 1 saturated heterocycles. The van der Waals surface area contributed by atoms with Gasteiger partial charge in [-0.05, 0) is 26.2 Å². The lowest BCUT2D eigenvalue weighted by molar-refractivity contribution is -0.0401. The highest BCUT2D eigenvalue weighted by Crippen LogP contribution is 2.53. The Morgan fingerprint density at radius 1 is 1.42 bits per heavy atom. The van der Waals surface area contributed by atoms with Gasteiger partial charge in [0.05, 0.1) is 19.3 Å². The zero-order valence-corrected chi connectivity index (χ0v) is 12.6. The number of nitrogens with two attached hydrogens (primary N) is 1. The van der Waals surface area contributed by atoms with Crippen LogP contribution in [-0.2, 0) is 9.47 Å². The average Bonchev–Trinajstić information content (AvgIpc) is 2.75. The van der Waals surface area contributed by atoms with Crippen molar-refractivity contribution in [3.05, 3.63) is 0 Å². The molecule has 0 bridgehead atoms. The minimum atomic E-state index is -0.471. The fraction of sp³-hybridized carbons (Fsp3) is 0.929. The molecule has 3 atom stereocenters. The van der Waals surface area contributed by atoms with Gasteiger partial charge in [-0.2, -0.15) is 0 Å². The average molecular weight is 270 g/mol. The molecular formula is C14H26N2O3. The SMILES string of the molecule is CC(C)(C)OC(=O)N1CCOCC1[C@H]1[C@H](N)C1(C)C. The van der Waals surface area contributed by atoms with E-state index in [1.165, 1.54) is 0 Å². The number of nitrogens with zero attached hydrogens (tertiary/aromatic N) is 1. The number of carbonyl (C=O) groups is 1. The minimum Gasteiger partial charge on any atom is -0.444 e. The Kier molecular flexibility index (Phi) is 3.56. The summed E-state index contributed by atoms with van der Waals surface area (Å²) >= 11 is 0. The summed E-state index contributed by atoms with van der Waals surface area (Å²) < 4.78 is 11.0. The van der Waals surface area contributed by atoms with Crippen LogP contribution in [0.2, 0.25) is 0 Å². The predicted molar refractivity (Wildman–Crippen MR) is 72.8 cm³/mol. The van der Waals surface area contributed by atoms with Crippen LogP contribution in [0.15, 0.2) is 0 Å². The molecular weight excluding hydrogens is 244 g/mol. The summed E-state index contributed by atoms with van der Waals surface area (Å²) in [5.41, 5.74) is 5.73. The highest BCUT2D eigenvalue weighted by Gasteiger charge is 2.61. The van der Waals surface area contributed by atoms with Gasteiger partial charge in [0.2, 0.25) is 0 Å². The van der Waals surface area contributed by atoms with Gasteiger partial charge in [-0.15, -0.1) is 0 Å². The summed E-state index contributed by atoms with van der Waals surface area (Å²) in [4.78, 5) is 14.1. The van der Waals surface area contributed by atoms with E-state index in [0.29, 0.717) is 25.7 Å². The van der Waals surface area contributed by atoms with Gasteiger partial charge in [0.15, 0.2) is 0 Å². The molecule has 0 aromatic carbocycles. The number of morpholine rings is 1. The number of carbonyl (C=O) groups excluding carboxylic acids is 1. The topological polar surface area (TPSA) is 64.8 Å². The summed E-state index contributed by atoms with van der Waals surface area (Å²) in [5.74, 6) is 0.292. The van der Waals surface area contributed by atoms with E-state index in [1.54, 1.807) is 4.90 Å². The molecule has 1 aliphatic heterocycles. The molecule has 1 unspecified atom stereocenters. The zero-order valence-electron chi connectivity index (χ0n) is 12.6. The molecule has 2 fully saturated rings. The molecule has 1 amide bonds. The molecule has 0 spiro atoms. The quantitative estimate of drug-likeness (QED) is 0.786. The van der Waals surface area contributed by atoms with Gasteiger partial charge < -0.3 is 20.1 Å². The summed E-state index contributed by atoms with van der Waals surface area (Å²) in [6.45, 7) is 11.6. The molecule has 2 rings (SSSR count). The third-order valence-corrected chi connectivity index (χ3v) is 4.20. The number of amides is 1. The molecule has 110 valence electrons. The first-order valence-electron chi connectivity index (χ1n) is 6.97. The maximum atomic E-state index is 12.3. The molecule has 2 N–H and O–H groups in total.